The molecule has 2 saturated heterocycles. The lowest BCUT2D eigenvalue weighted by Gasteiger charge is -2.22. The highest BCUT2D eigenvalue weighted by molar-refractivity contribution is 5.98. The van der Waals surface area contributed by atoms with Crippen LogP contribution in [0.25, 0.3) is 10.9 Å². The number of amides is 1. The molecule has 0 radical (unpaired) electrons. The van der Waals surface area contributed by atoms with E-state index in [1.807, 2.05) is 0 Å². The van der Waals surface area contributed by atoms with Crippen LogP contribution in [0.2, 0.25) is 0 Å². The van der Waals surface area contributed by atoms with Gasteiger partial charge in [-0.15, -0.1) is 0 Å². The quantitative estimate of drug-likeness (QED) is 0.904. The fourth-order valence-electron chi connectivity index (χ4n) is 3.65. The van der Waals surface area contributed by atoms with Gasteiger partial charge in [0.25, 0.3) is 5.91 Å². The Labute approximate surface area is 136 Å². The predicted octanol–water partition coefficient (Wildman–Crippen LogP) is 1.55. The topological polar surface area (TPSA) is 79.7 Å². The number of pyridine rings is 1. The lowest BCUT2D eigenvalue weighted by molar-refractivity contribution is -0.149. The Morgan fingerprint density at radius 1 is 1.42 bits per heavy atom. The van der Waals surface area contributed by atoms with Gasteiger partial charge in [-0.25, -0.2) is 4.39 Å². The number of ether oxygens (including phenoxy) is 1. The Morgan fingerprint density at radius 2 is 2.25 bits per heavy atom. The van der Waals surface area contributed by atoms with Gasteiger partial charge in [0.05, 0.1) is 13.2 Å². The van der Waals surface area contributed by atoms with Crippen LogP contribution in [0.15, 0.2) is 30.5 Å². The van der Waals surface area contributed by atoms with Crippen molar-refractivity contribution in [2.45, 2.75) is 0 Å². The van der Waals surface area contributed by atoms with Crippen molar-refractivity contribution >= 4 is 22.8 Å². The molecule has 2 fully saturated rings. The molecular formula is C17H15FN2O4. The highest BCUT2D eigenvalue weighted by atomic mass is 19.1. The molecule has 24 heavy (non-hydrogen) atoms. The first-order chi connectivity index (χ1) is 11.5. The van der Waals surface area contributed by atoms with E-state index in [4.69, 9.17) is 4.74 Å². The van der Waals surface area contributed by atoms with E-state index in [1.165, 1.54) is 11.1 Å². The van der Waals surface area contributed by atoms with Crippen LogP contribution in [0.4, 0.5) is 4.39 Å². The number of benzene rings is 1. The Balaban J connectivity index is 1.67. The molecule has 3 heterocycles. The molecule has 7 heteroatoms. The normalized spacial score (nSPS) is 25.9. The zero-order valence-corrected chi connectivity index (χ0v) is 12.7. The van der Waals surface area contributed by atoms with E-state index >= 15 is 0 Å². The van der Waals surface area contributed by atoms with Gasteiger partial charge in [-0.3, -0.25) is 14.6 Å². The van der Waals surface area contributed by atoms with Crippen molar-refractivity contribution in [1.29, 1.82) is 0 Å². The summed E-state index contributed by atoms with van der Waals surface area (Å²) >= 11 is 0. The number of fused-ring (bicyclic) bond motifs is 2. The van der Waals surface area contributed by atoms with Crippen molar-refractivity contribution in [3.05, 3.63) is 41.8 Å². The molecule has 2 aliphatic heterocycles. The summed E-state index contributed by atoms with van der Waals surface area (Å²) in [6, 6.07) is 6.11. The number of carboxylic acid groups (broad SMARTS) is 1. The van der Waals surface area contributed by atoms with Gasteiger partial charge < -0.3 is 14.7 Å². The van der Waals surface area contributed by atoms with Crippen LogP contribution in [0, 0.1) is 17.2 Å². The first kappa shape index (κ1) is 15.0. The molecule has 1 aromatic carbocycles. The Kier molecular flexibility index (Phi) is 3.28. The smallest absolute Gasteiger partial charge is 0.314 e. The first-order valence-electron chi connectivity index (χ1n) is 7.66. The Morgan fingerprint density at radius 3 is 3.00 bits per heavy atom. The van der Waals surface area contributed by atoms with E-state index in [0.29, 0.717) is 18.5 Å². The van der Waals surface area contributed by atoms with Crippen molar-refractivity contribution in [3.8, 4) is 0 Å². The summed E-state index contributed by atoms with van der Waals surface area (Å²) in [6.07, 6.45) is 1.49. The van der Waals surface area contributed by atoms with Gasteiger partial charge in [0.15, 0.2) is 0 Å². The summed E-state index contributed by atoms with van der Waals surface area (Å²) in [6.45, 7) is 0.815. The van der Waals surface area contributed by atoms with Crippen LogP contribution in [0.1, 0.15) is 10.4 Å². The zero-order chi connectivity index (χ0) is 16.9. The third-order valence-corrected chi connectivity index (χ3v) is 4.99. The number of carbonyl (C=O) groups is 2. The molecule has 0 saturated carbocycles. The number of nitrogens with zero attached hydrogens (tertiary/aromatic N) is 2. The molecule has 124 valence electrons. The van der Waals surface area contributed by atoms with Crippen LogP contribution in [-0.4, -0.2) is 53.2 Å². The summed E-state index contributed by atoms with van der Waals surface area (Å²) < 4.78 is 19.5. The second-order valence-corrected chi connectivity index (χ2v) is 6.39. The maximum atomic E-state index is 14.2. The second kappa shape index (κ2) is 5.24. The fourth-order valence-corrected chi connectivity index (χ4v) is 3.65. The van der Waals surface area contributed by atoms with Crippen molar-refractivity contribution in [2.24, 2.45) is 11.3 Å². The molecule has 1 amide bonds. The maximum Gasteiger partial charge on any atom is 0.314 e. The fraction of sp³-hybridized carbons (Fsp3) is 0.353. The number of aliphatic carboxylic acids is 1. The summed E-state index contributed by atoms with van der Waals surface area (Å²) in [5.41, 5.74) is -0.635. The van der Waals surface area contributed by atoms with Gasteiger partial charge in [-0.05, 0) is 18.2 Å². The molecular weight excluding hydrogens is 315 g/mol. The van der Waals surface area contributed by atoms with E-state index in [1.54, 1.807) is 18.2 Å². The number of aromatic nitrogens is 1. The number of carboxylic acids is 1. The van der Waals surface area contributed by atoms with E-state index in [0.717, 1.165) is 6.07 Å². The van der Waals surface area contributed by atoms with Gasteiger partial charge in [0.1, 0.15) is 16.7 Å². The van der Waals surface area contributed by atoms with E-state index in [2.05, 4.69) is 4.98 Å². The molecule has 0 bridgehead atoms. The minimum atomic E-state index is -1.05. The average molecular weight is 330 g/mol. The van der Waals surface area contributed by atoms with Gasteiger partial charge >= 0.3 is 5.97 Å². The molecule has 0 spiro atoms. The lowest BCUT2D eigenvalue weighted by Crippen LogP contribution is -2.40. The zero-order valence-electron chi connectivity index (χ0n) is 12.7. The molecule has 6 nitrogen and oxygen atoms in total. The van der Waals surface area contributed by atoms with Crippen LogP contribution in [0.5, 0.6) is 0 Å². The number of halogens is 1. The van der Waals surface area contributed by atoms with Gasteiger partial charge in [-0.2, -0.15) is 0 Å². The first-order valence-corrected chi connectivity index (χ1v) is 7.66. The minimum Gasteiger partial charge on any atom is -0.481 e. The average Bonchev–Trinajstić information content (AvgIpc) is 3.12. The third kappa shape index (κ3) is 2.08. The standard InChI is InChI=1S/C17H15FN2O4/c18-13-5-11(4-10-2-1-3-19-14(10)13)15(21)20-6-12-7-24-9-17(12,8-20)16(22)23/h1-5,12H,6-9H2,(H,22,23)/t12-,17-/m1/s1. The number of rotatable bonds is 2. The predicted molar refractivity (Wildman–Crippen MR) is 82.0 cm³/mol. The number of likely N-dealkylation sites (tertiary alicyclic amines) is 1. The lowest BCUT2D eigenvalue weighted by atomic mass is 9.81. The molecule has 2 atom stereocenters. The summed E-state index contributed by atoms with van der Waals surface area (Å²) in [5.74, 6) is -2.11. The molecule has 2 aliphatic rings. The number of hydrogen-bond acceptors (Lipinski definition) is 4. The van der Waals surface area contributed by atoms with Crippen LogP contribution in [0.3, 0.4) is 0 Å². The summed E-state index contributed by atoms with van der Waals surface area (Å²) in [4.78, 5) is 29.8. The molecule has 1 aromatic heterocycles. The van der Waals surface area contributed by atoms with Crippen LogP contribution in [-0.2, 0) is 9.53 Å². The monoisotopic (exact) mass is 330 g/mol. The minimum absolute atomic E-state index is 0.0819. The van der Waals surface area contributed by atoms with Gasteiger partial charge in [0, 0.05) is 36.2 Å². The number of carbonyl (C=O) groups excluding carboxylic acids is 1. The maximum absolute atomic E-state index is 14.2. The molecule has 4 rings (SSSR count). The molecule has 0 aliphatic carbocycles. The van der Waals surface area contributed by atoms with Crippen LogP contribution < -0.4 is 0 Å². The van der Waals surface area contributed by atoms with Crippen molar-refractivity contribution in [3.63, 3.8) is 0 Å². The summed E-state index contributed by atoms with van der Waals surface area (Å²) in [5, 5.41) is 10.1. The van der Waals surface area contributed by atoms with Crippen molar-refractivity contribution in [2.75, 3.05) is 26.3 Å². The highest BCUT2D eigenvalue weighted by Crippen LogP contribution is 2.42. The SMILES string of the molecule is O=C(c1cc(F)c2ncccc2c1)N1C[C@@H]2COC[C@]2(C(=O)O)C1. The highest BCUT2D eigenvalue weighted by Gasteiger charge is 2.57. The summed E-state index contributed by atoms with van der Waals surface area (Å²) in [7, 11) is 0. The Bertz CT molecular complexity index is 856. The largest absolute Gasteiger partial charge is 0.481 e. The Hall–Kier alpha value is -2.54. The van der Waals surface area contributed by atoms with Gasteiger partial charge in [-0.1, -0.05) is 6.07 Å². The molecule has 2 aromatic rings. The number of hydrogen-bond donors (Lipinski definition) is 1. The third-order valence-electron chi connectivity index (χ3n) is 4.99. The molecule has 1 N–H and O–H groups in total. The van der Waals surface area contributed by atoms with Crippen molar-refractivity contribution in [1.82, 2.24) is 9.88 Å². The van der Waals surface area contributed by atoms with E-state index < -0.39 is 17.2 Å². The van der Waals surface area contributed by atoms with Gasteiger partial charge in [0.2, 0.25) is 0 Å². The van der Waals surface area contributed by atoms with Crippen molar-refractivity contribution < 1.29 is 23.8 Å². The second-order valence-electron chi connectivity index (χ2n) is 6.39. The van der Waals surface area contributed by atoms with E-state index in [-0.39, 0.29) is 36.1 Å². The van der Waals surface area contributed by atoms with E-state index in [9.17, 15) is 19.1 Å². The van der Waals surface area contributed by atoms with Crippen LogP contribution >= 0.6 is 0 Å². The molecule has 0 unspecified atom stereocenters.